The summed E-state index contributed by atoms with van der Waals surface area (Å²) in [5.74, 6) is 0.831. The summed E-state index contributed by atoms with van der Waals surface area (Å²) in [6, 6.07) is 21.5. The Kier molecular flexibility index (Phi) is 8.09. The average Bonchev–Trinajstić information content (AvgIpc) is 3.32. The molecule has 6 heteroatoms. The maximum Gasteiger partial charge on any atom is 0.291 e. The van der Waals surface area contributed by atoms with Crippen LogP contribution < -0.4 is 16.0 Å². The quantitative estimate of drug-likeness (QED) is 0.283. The molecule has 30 heavy (non-hydrogen) atoms. The van der Waals surface area contributed by atoms with Crippen LogP contribution in [0.2, 0.25) is 0 Å². The first kappa shape index (κ1) is 21.2. The Hall–Kier alpha value is -3.54. The van der Waals surface area contributed by atoms with Crippen molar-refractivity contribution < 1.29 is 9.21 Å². The van der Waals surface area contributed by atoms with Crippen molar-refractivity contribution in [3.05, 3.63) is 89.9 Å². The molecule has 0 unspecified atom stereocenters. The van der Waals surface area contributed by atoms with Crippen LogP contribution in [0.4, 0.5) is 5.69 Å². The number of guanidine groups is 1. The molecule has 1 aromatic heterocycles. The van der Waals surface area contributed by atoms with Gasteiger partial charge in [0.05, 0.1) is 12.8 Å². The summed E-state index contributed by atoms with van der Waals surface area (Å²) in [4.78, 5) is 16.7. The fourth-order valence-electron chi connectivity index (χ4n) is 2.95. The predicted octanol–water partition coefficient (Wildman–Crippen LogP) is 4.22. The molecular weight excluding hydrogens is 376 g/mol. The molecule has 3 N–H and O–H groups in total. The first-order valence-corrected chi connectivity index (χ1v) is 10.2. The maximum atomic E-state index is 12.0. The van der Waals surface area contributed by atoms with E-state index in [4.69, 9.17) is 4.42 Å². The van der Waals surface area contributed by atoms with Crippen LogP contribution in [0.3, 0.4) is 0 Å². The van der Waals surface area contributed by atoms with Crippen molar-refractivity contribution in [3.8, 4) is 0 Å². The molecule has 0 aliphatic rings. The number of aryl methyl sites for hydroxylation is 1. The summed E-state index contributed by atoms with van der Waals surface area (Å²) in [5, 5.41) is 9.47. The summed E-state index contributed by atoms with van der Waals surface area (Å²) in [7, 11) is 0. The smallest absolute Gasteiger partial charge is 0.291 e. The number of benzene rings is 2. The minimum Gasteiger partial charge on any atom is -0.459 e. The Morgan fingerprint density at radius 2 is 1.73 bits per heavy atom. The monoisotopic (exact) mass is 404 g/mol. The molecule has 1 amide bonds. The van der Waals surface area contributed by atoms with Crippen molar-refractivity contribution in [2.24, 2.45) is 4.99 Å². The van der Waals surface area contributed by atoms with Gasteiger partial charge in [-0.05, 0) is 55.2 Å². The lowest BCUT2D eigenvalue weighted by Gasteiger charge is -2.11. The SMILES string of the molecule is CCNC(=NCc1ccc(NC(=O)c2ccco2)cc1)NCCCc1ccccc1. The minimum atomic E-state index is -0.264. The fourth-order valence-corrected chi connectivity index (χ4v) is 2.95. The molecule has 0 aliphatic heterocycles. The zero-order valence-electron chi connectivity index (χ0n) is 17.2. The number of carbonyl (C=O) groups is 1. The van der Waals surface area contributed by atoms with E-state index in [1.807, 2.05) is 30.3 Å². The largest absolute Gasteiger partial charge is 0.459 e. The van der Waals surface area contributed by atoms with Crippen molar-refractivity contribution in [1.29, 1.82) is 0 Å². The molecule has 2 aromatic carbocycles. The third kappa shape index (κ3) is 6.81. The molecule has 0 aliphatic carbocycles. The van der Waals surface area contributed by atoms with Gasteiger partial charge in [0.2, 0.25) is 0 Å². The van der Waals surface area contributed by atoms with E-state index in [1.54, 1.807) is 12.1 Å². The minimum absolute atomic E-state index is 0.264. The van der Waals surface area contributed by atoms with Crippen LogP contribution in [0.25, 0.3) is 0 Å². The first-order valence-electron chi connectivity index (χ1n) is 10.2. The van der Waals surface area contributed by atoms with Crippen LogP contribution in [0.15, 0.2) is 82.4 Å². The molecule has 3 rings (SSSR count). The van der Waals surface area contributed by atoms with Crippen molar-refractivity contribution in [2.75, 3.05) is 18.4 Å². The van der Waals surface area contributed by atoms with E-state index in [2.05, 4.69) is 52.1 Å². The molecule has 1 heterocycles. The van der Waals surface area contributed by atoms with E-state index in [0.29, 0.717) is 6.54 Å². The van der Waals surface area contributed by atoms with Gasteiger partial charge in [-0.3, -0.25) is 4.79 Å². The van der Waals surface area contributed by atoms with E-state index in [1.165, 1.54) is 11.8 Å². The summed E-state index contributed by atoms with van der Waals surface area (Å²) < 4.78 is 5.10. The number of amides is 1. The molecule has 0 saturated heterocycles. The average molecular weight is 405 g/mol. The third-order valence-electron chi connectivity index (χ3n) is 4.50. The lowest BCUT2D eigenvalue weighted by Crippen LogP contribution is -2.37. The zero-order valence-corrected chi connectivity index (χ0v) is 17.2. The second-order valence-electron chi connectivity index (χ2n) is 6.84. The van der Waals surface area contributed by atoms with Gasteiger partial charge in [-0.15, -0.1) is 0 Å². The van der Waals surface area contributed by atoms with Crippen LogP contribution in [0.1, 0.15) is 35.0 Å². The summed E-state index contributed by atoms with van der Waals surface area (Å²) in [6.45, 7) is 4.28. The van der Waals surface area contributed by atoms with Crippen molar-refractivity contribution in [2.45, 2.75) is 26.3 Å². The Labute approximate surface area is 177 Å². The van der Waals surface area contributed by atoms with E-state index >= 15 is 0 Å². The highest BCUT2D eigenvalue weighted by Gasteiger charge is 2.08. The van der Waals surface area contributed by atoms with Gasteiger partial charge >= 0.3 is 0 Å². The van der Waals surface area contributed by atoms with Gasteiger partial charge in [0.15, 0.2) is 11.7 Å². The standard InChI is InChI=1S/C24H28N4O2/c1-2-25-24(26-16-6-10-19-8-4-3-5-9-19)27-18-20-12-14-21(15-13-20)28-23(29)22-11-7-17-30-22/h3-5,7-9,11-15,17H,2,6,10,16,18H2,1H3,(H,28,29)(H2,25,26,27). The topological polar surface area (TPSA) is 78.7 Å². The second-order valence-corrected chi connectivity index (χ2v) is 6.84. The van der Waals surface area contributed by atoms with Crippen LogP contribution in [0, 0.1) is 0 Å². The fraction of sp³-hybridized carbons (Fsp3) is 0.250. The van der Waals surface area contributed by atoms with Crippen LogP contribution in [-0.4, -0.2) is 25.0 Å². The molecule has 3 aromatic rings. The summed E-state index contributed by atoms with van der Waals surface area (Å²) in [6.07, 6.45) is 3.56. The van der Waals surface area contributed by atoms with Gasteiger partial charge < -0.3 is 20.4 Å². The Balaban J connectivity index is 1.47. The van der Waals surface area contributed by atoms with Gasteiger partial charge in [0.1, 0.15) is 0 Å². The van der Waals surface area contributed by atoms with E-state index in [0.717, 1.165) is 43.1 Å². The molecule has 0 atom stereocenters. The molecule has 6 nitrogen and oxygen atoms in total. The lowest BCUT2D eigenvalue weighted by molar-refractivity contribution is 0.0996. The molecule has 156 valence electrons. The normalized spacial score (nSPS) is 11.2. The van der Waals surface area contributed by atoms with Gasteiger partial charge in [0.25, 0.3) is 5.91 Å². The third-order valence-corrected chi connectivity index (χ3v) is 4.50. The summed E-state index contributed by atoms with van der Waals surface area (Å²) in [5.41, 5.74) is 3.13. The lowest BCUT2D eigenvalue weighted by atomic mass is 10.1. The van der Waals surface area contributed by atoms with Crippen molar-refractivity contribution in [3.63, 3.8) is 0 Å². The molecule has 0 fully saturated rings. The van der Waals surface area contributed by atoms with Gasteiger partial charge in [-0.25, -0.2) is 4.99 Å². The number of hydrogen-bond donors (Lipinski definition) is 3. The first-order chi connectivity index (χ1) is 14.7. The maximum absolute atomic E-state index is 12.0. The Bertz CT molecular complexity index is 920. The predicted molar refractivity (Wildman–Crippen MR) is 121 cm³/mol. The van der Waals surface area contributed by atoms with E-state index in [-0.39, 0.29) is 11.7 Å². The number of nitrogens with one attached hydrogen (secondary N) is 3. The van der Waals surface area contributed by atoms with Gasteiger partial charge in [0, 0.05) is 18.8 Å². The Morgan fingerprint density at radius 1 is 0.933 bits per heavy atom. The van der Waals surface area contributed by atoms with Crippen molar-refractivity contribution >= 4 is 17.6 Å². The van der Waals surface area contributed by atoms with E-state index < -0.39 is 0 Å². The number of nitrogens with zero attached hydrogens (tertiary/aromatic N) is 1. The van der Waals surface area contributed by atoms with Crippen LogP contribution in [0.5, 0.6) is 0 Å². The molecule has 0 saturated carbocycles. The Morgan fingerprint density at radius 3 is 2.43 bits per heavy atom. The number of furan rings is 1. The molecule has 0 radical (unpaired) electrons. The highest BCUT2D eigenvalue weighted by molar-refractivity contribution is 6.02. The van der Waals surface area contributed by atoms with Gasteiger partial charge in [-0.2, -0.15) is 0 Å². The molecule has 0 bridgehead atoms. The number of aliphatic imine (C=N–C) groups is 1. The highest BCUT2D eigenvalue weighted by atomic mass is 16.3. The van der Waals surface area contributed by atoms with Crippen LogP contribution in [-0.2, 0) is 13.0 Å². The number of anilines is 1. The van der Waals surface area contributed by atoms with Crippen LogP contribution >= 0.6 is 0 Å². The molecular formula is C24H28N4O2. The van der Waals surface area contributed by atoms with E-state index in [9.17, 15) is 4.79 Å². The molecule has 0 spiro atoms. The zero-order chi connectivity index (χ0) is 21.0. The van der Waals surface area contributed by atoms with Crippen molar-refractivity contribution in [1.82, 2.24) is 10.6 Å². The second kappa shape index (κ2) is 11.5. The number of rotatable bonds is 9. The highest BCUT2D eigenvalue weighted by Crippen LogP contribution is 2.12. The van der Waals surface area contributed by atoms with Gasteiger partial charge in [-0.1, -0.05) is 42.5 Å². The summed E-state index contributed by atoms with van der Waals surface area (Å²) >= 11 is 0. The number of hydrogen-bond acceptors (Lipinski definition) is 3. The number of carbonyl (C=O) groups excluding carboxylic acids is 1.